The molecule has 1 N–H and O–H groups in total. The Morgan fingerprint density at radius 3 is 2.39 bits per heavy atom. The molecule has 0 saturated carbocycles. The van der Waals surface area contributed by atoms with Gasteiger partial charge in [-0.3, -0.25) is 14.5 Å². The van der Waals surface area contributed by atoms with E-state index >= 15 is 0 Å². The number of carboxylic acids is 1. The summed E-state index contributed by atoms with van der Waals surface area (Å²) in [5.74, 6) is -0.564. The van der Waals surface area contributed by atoms with Gasteiger partial charge in [0, 0.05) is 19.6 Å². The number of carboxylic acid groups (broad SMARTS) is 1. The van der Waals surface area contributed by atoms with Crippen molar-refractivity contribution in [1.29, 1.82) is 0 Å². The first-order chi connectivity index (χ1) is 8.57. The third-order valence-corrected chi connectivity index (χ3v) is 4.38. The van der Waals surface area contributed by atoms with Crippen molar-refractivity contribution >= 4 is 11.9 Å². The van der Waals surface area contributed by atoms with E-state index < -0.39 is 11.4 Å². The van der Waals surface area contributed by atoms with Crippen LogP contribution in [-0.2, 0) is 9.59 Å². The SMILES string of the molecule is CCC1(C(=O)O)CCN(CC(=O)N2CCCC2)C1. The van der Waals surface area contributed by atoms with Gasteiger partial charge in [-0.15, -0.1) is 0 Å². The van der Waals surface area contributed by atoms with Crippen molar-refractivity contribution < 1.29 is 14.7 Å². The van der Waals surface area contributed by atoms with Gasteiger partial charge in [0.05, 0.1) is 12.0 Å². The third kappa shape index (κ3) is 2.51. The molecule has 2 rings (SSSR count). The van der Waals surface area contributed by atoms with Crippen molar-refractivity contribution in [2.45, 2.75) is 32.6 Å². The Morgan fingerprint density at radius 1 is 1.22 bits per heavy atom. The van der Waals surface area contributed by atoms with Gasteiger partial charge < -0.3 is 10.0 Å². The number of hydrogen-bond donors (Lipinski definition) is 1. The Balaban J connectivity index is 1.89. The van der Waals surface area contributed by atoms with Crippen molar-refractivity contribution in [2.75, 3.05) is 32.7 Å². The smallest absolute Gasteiger partial charge is 0.310 e. The molecule has 2 aliphatic heterocycles. The third-order valence-electron chi connectivity index (χ3n) is 4.38. The molecule has 5 heteroatoms. The lowest BCUT2D eigenvalue weighted by Gasteiger charge is -2.24. The lowest BCUT2D eigenvalue weighted by molar-refractivity contribution is -0.148. The first kappa shape index (κ1) is 13.3. The van der Waals surface area contributed by atoms with Gasteiger partial charge in [0.2, 0.25) is 5.91 Å². The largest absolute Gasteiger partial charge is 0.481 e. The molecular formula is C13H22N2O3. The van der Waals surface area contributed by atoms with Crippen molar-refractivity contribution in [3.63, 3.8) is 0 Å². The predicted molar refractivity (Wildman–Crippen MR) is 67.2 cm³/mol. The zero-order valence-corrected chi connectivity index (χ0v) is 11.0. The summed E-state index contributed by atoms with van der Waals surface area (Å²) >= 11 is 0. The van der Waals surface area contributed by atoms with Crippen LogP contribution in [0.2, 0.25) is 0 Å². The van der Waals surface area contributed by atoms with Crippen LogP contribution in [0.4, 0.5) is 0 Å². The van der Waals surface area contributed by atoms with E-state index in [2.05, 4.69) is 0 Å². The van der Waals surface area contributed by atoms with Crippen LogP contribution in [0.1, 0.15) is 32.6 Å². The second-order valence-electron chi connectivity index (χ2n) is 5.49. The Kier molecular flexibility index (Phi) is 3.90. The van der Waals surface area contributed by atoms with E-state index in [4.69, 9.17) is 0 Å². The minimum atomic E-state index is -0.721. The molecule has 102 valence electrons. The van der Waals surface area contributed by atoms with Gasteiger partial charge in [-0.25, -0.2) is 0 Å². The van der Waals surface area contributed by atoms with Crippen LogP contribution in [-0.4, -0.2) is 59.5 Å². The molecule has 0 spiro atoms. The molecule has 0 aromatic heterocycles. The summed E-state index contributed by atoms with van der Waals surface area (Å²) in [5.41, 5.74) is -0.634. The molecule has 1 amide bonds. The van der Waals surface area contributed by atoms with Crippen molar-refractivity contribution in [3.05, 3.63) is 0 Å². The molecule has 18 heavy (non-hydrogen) atoms. The molecule has 0 aromatic rings. The summed E-state index contributed by atoms with van der Waals surface area (Å²) in [6.45, 7) is 5.27. The molecule has 0 bridgehead atoms. The van der Waals surface area contributed by atoms with E-state index in [1.807, 2.05) is 16.7 Å². The van der Waals surface area contributed by atoms with Crippen molar-refractivity contribution in [3.8, 4) is 0 Å². The summed E-state index contributed by atoms with van der Waals surface area (Å²) in [4.78, 5) is 27.2. The Bertz CT molecular complexity index is 339. The number of hydrogen-bond acceptors (Lipinski definition) is 3. The van der Waals surface area contributed by atoms with E-state index in [9.17, 15) is 14.7 Å². The first-order valence-electron chi connectivity index (χ1n) is 6.81. The van der Waals surface area contributed by atoms with E-state index in [1.165, 1.54) is 0 Å². The molecule has 0 aliphatic carbocycles. The molecule has 1 unspecified atom stereocenters. The second kappa shape index (κ2) is 5.26. The fourth-order valence-corrected chi connectivity index (χ4v) is 2.97. The highest BCUT2D eigenvalue weighted by Gasteiger charge is 2.43. The fraction of sp³-hybridized carbons (Fsp3) is 0.846. The van der Waals surface area contributed by atoms with Gasteiger partial charge >= 0.3 is 5.97 Å². The standard InChI is InChI=1S/C13H22N2O3/c1-2-13(12(17)18)5-8-14(10-13)9-11(16)15-6-3-4-7-15/h2-10H2,1H3,(H,17,18). The highest BCUT2D eigenvalue weighted by Crippen LogP contribution is 2.34. The lowest BCUT2D eigenvalue weighted by atomic mass is 9.84. The van der Waals surface area contributed by atoms with Crippen LogP contribution < -0.4 is 0 Å². The first-order valence-corrected chi connectivity index (χ1v) is 6.81. The zero-order valence-electron chi connectivity index (χ0n) is 11.0. The maximum absolute atomic E-state index is 12.0. The fourth-order valence-electron chi connectivity index (χ4n) is 2.97. The molecule has 2 fully saturated rings. The topological polar surface area (TPSA) is 60.9 Å². The average Bonchev–Trinajstić information content (AvgIpc) is 2.98. The predicted octanol–water partition coefficient (Wildman–Crippen LogP) is 0.795. The van der Waals surface area contributed by atoms with Gasteiger partial charge in [0.25, 0.3) is 0 Å². The number of carbonyl (C=O) groups excluding carboxylic acids is 1. The summed E-state index contributed by atoms with van der Waals surface area (Å²) in [5, 5.41) is 9.31. The van der Waals surface area contributed by atoms with Crippen LogP contribution >= 0.6 is 0 Å². The summed E-state index contributed by atoms with van der Waals surface area (Å²) < 4.78 is 0. The highest BCUT2D eigenvalue weighted by molar-refractivity contribution is 5.79. The molecular weight excluding hydrogens is 232 g/mol. The minimum absolute atomic E-state index is 0.157. The average molecular weight is 254 g/mol. The van der Waals surface area contributed by atoms with E-state index in [0.717, 1.165) is 32.5 Å². The van der Waals surface area contributed by atoms with Gasteiger partial charge in [-0.1, -0.05) is 6.92 Å². The molecule has 2 heterocycles. The van der Waals surface area contributed by atoms with E-state index in [0.29, 0.717) is 25.9 Å². The van der Waals surface area contributed by atoms with E-state index in [-0.39, 0.29) is 5.91 Å². The molecule has 2 aliphatic rings. The number of carbonyl (C=O) groups is 2. The normalized spacial score (nSPS) is 28.8. The maximum atomic E-state index is 12.0. The number of aliphatic carboxylic acids is 1. The molecule has 1 atom stereocenters. The number of nitrogens with zero attached hydrogens (tertiary/aromatic N) is 2. The van der Waals surface area contributed by atoms with Gasteiger partial charge in [0.15, 0.2) is 0 Å². The van der Waals surface area contributed by atoms with Crippen molar-refractivity contribution in [1.82, 2.24) is 9.80 Å². The molecule has 2 saturated heterocycles. The molecule has 5 nitrogen and oxygen atoms in total. The van der Waals surface area contributed by atoms with Crippen LogP contribution in [0.25, 0.3) is 0 Å². The Hall–Kier alpha value is -1.10. The molecule has 0 aromatic carbocycles. The number of likely N-dealkylation sites (tertiary alicyclic amines) is 2. The summed E-state index contributed by atoms with van der Waals surface area (Å²) in [6, 6.07) is 0. The Labute approximate surface area is 108 Å². The van der Waals surface area contributed by atoms with E-state index in [1.54, 1.807) is 0 Å². The summed E-state index contributed by atoms with van der Waals surface area (Å²) in [7, 11) is 0. The summed E-state index contributed by atoms with van der Waals surface area (Å²) in [6.07, 6.45) is 3.49. The van der Waals surface area contributed by atoms with Crippen molar-refractivity contribution in [2.24, 2.45) is 5.41 Å². The van der Waals surface area contributed by atoms with Crippen LogP contribution in [0.5, 0.6) is 0 Å². The van der Waals surface area contributed by atoms with Gasteiger partial charge in [0.1, 0.15) is 0 Å². The second-order valence-corrected chi connectivity index (χ2v) is 5.49. The van der Waals surface area contributed by atoms with Crippen LogP contribution in [0.3, 0.4) is 0 Å². The number of rotatable bonds is 4. The van der Waals surface area contributed by atoms with Gasteiger partial charge in [-0.05, 0) is 32.2 Å². The monoisotopic (exact) mass is 254 g/mol. The minimum Gasteiger partial charge on any atom is -0.481 e. The van der Waals surface area contributed by atoms with Crippen LogP contribution in [0, 0.1) is 5.41 Å². The van der Waals surface area contributed by atoms with Crippen LogP contribution in [0.15, 0.2) is 0 Å². The zero-order chi connectivity index (χ0) is 13.2. The quantitative estimate of drug-likeness (QED) is 0.806. The highest BCUT2D eigenvalue weighted by atomic mass is 16.4. The van der Waals surface area contributed by atoms with Gasteiger partial charge in [-0.2, -0.15) is 0 Å². The number of amides is 1. The maximum Gasteiger partial charge on any atom is 0.310 e. The lowest BCUT2D eigenvalue weighted by Crippen LogP contribution is -2.40. The molecule has 0 radical (unpaired) electrons. The Morgan fingerprint density at radius 2 is 1.89 bits per heavy atom.